The lowest BCUT2D eigenvalue weighted by Gasteiger charge is -2.18. The molecule has 6 nitrogen and oxygen atoms in total. The van der Waals surface area contributed by atoms with Crippen LogP contribution in [0.15, 0.2) is 24.3 Å². The fourth-order valence-electron chi connectivity index (χ4n) is 3.47. The Morgan fingerprint density at radius 2 is 2.00 bits per heavy atom. The number of carbonyl (C=O) groups is 1. The molecule has 2 aliphatic heterocycles. The summed E-state index contributed by atoms with van der Waals surface area (Å²) in [6, 6.07) is 7.06. The number of anilines is 3. The van der Waals surface area contributed by atoms with Gasteiger partial charge in [-0.2, -0.15) is 0 Å². The molecular weight excluding hydrogens is 389 g/mol. The third-order valence-electron chi connectivity index (χ3n) is 4.60. The number of methoxy groups -OCH3 is 1. The number of hydrogen-bond acceptors (Lipinski definition) is 6. The van der Waals surface area contributed by atoms with Crippen molar-refractivity contribution in [1.29, 1.82) is 0 Å². The molecule has 2 aromatic carbocycles. The predicted molar refractivity (Wildman–Crippen MR) is 107 cm³/mol. The Bertz CT molecular complexity index is 926. The number of para-hydroxylation sites is 1. The molecule has 2 aliphatic rings. The molecule has 0 radical (unpaired) electrons. The van der Waals surface area contributed by atoms with Crippen molar-refractivity contribution >= 4 is 46.2 Å². The number of ether oxygens (including phenoxy) is 2. The standard InChI is InChI=1S/C19H19Cl2N3O3/c1-19(2)8-10-14-13(7-9(16(10)27-19)17(25)26-3)22-18(23-14)24-15-11(20)5-4-6-12(15)21/h4-7,18,22-24H,8H2,1-3H3. The molecule has 0 aromatic heterocycles. The number of rotatable bonds is 3. The number of esters is 1. The summed E-state index contributed by atoms with van der Waals surface area (Å²) in [6.45, 7) is 3.98. The maximum atomic E-state index is 12.2. The summed E-state index contributed by atoms with van der Waals surface area (Å²) >= 11 is 12.5. The zero-order valence-electron chi connectivity index (χ0n) is 15.1. The molecule has 0 saturated heterocycles. The normalized spacial score (nSPS) is 18.6. The van der Waals surface area contributed by atoms with Gasteiger partial charge < -0.3 is 25.4 Å². The van der Waals surface area contributed by atoms with Crippen LogP contribution in [0.2, 0.25) is 10.0 Å². The van der Waals surface area contributed by atoms with Crippen LogP contribution < -0.4 is 20.7 Å². The number of benzene rings is 2. The van der Waals surface area contributed by atoms with E-state index in [0.29, 0.717) is 33.5 Å². The Labute approximate surface area is 167 Å². The second kappa shape index (κ2) is 6.39. The molecule has 0 saturated carbocycles. The van der Waals surface area contributed by atoms with E-state index in [1.165, 1.54) is 7.11 Å². The summed E-state index contributed by atoms with van der Waals surface area (Å²) in [7, 11) is 1.36. The second-order valence-corrected chi connectivity index (χ2v) is 7.96. The van der Waals surface area contributed by atoms with Gasteiger partial charge in [0.2, 0.25) is 0 Å². The zero-order chi connectivity index (χ0) is 19.3. The van der Waals surface area contributed by atoms with Crippen molar-refractivity contribution < 1.29 is 14.3 Å². The van der Waals surface area contributed by atoms with Crippen molar-refractivity contribution in [3.8, 4) is 5.75 Å². The van der Waals surface area contributed by atoms with Crippen LogP contribution in [-0.4, -0.2) is 25.0 Å². The molecule has 2 aromatic rings. The first kappa shape index (κ1) is 18.1. The second-order valence-electron chi connectivity index (χ2n) is 7.15. The average molecular weight is 408 g/mol. The first-order valence-electron chi connectivity index (χ1n) is 8.50. The van der Waals surface area contributed by atoms with Gasteiger partial charge in [0.1, 0.15) is 16.9 Å². The molecule has 2 heterocycles. The molecule has 27 heavy (non-hydrogen) atoms. The molecule has 3 N–H and O–H groups in total. The van der Waals surface area contributed by atoms with Crippen molar-refractivity contribution in [2.24, 2.45) is 0 Å². The van der Waals surface area contributed by atoms with Gasteiger partial charge in [-0.1, -0.05) is 29.3 Å². The number of nitrogens with one attached hydrogen (secondary N) is 3. The van der Waals surface area contributed by atoms with Crippen LogP contribution in [-0.2, 0) is 11.2 Å². The van der Waals surface area contributed by atoms with Crippen LogP contribution in [0, 0.1) is 0 Å². The van der Waals surface area contributed by atoms with Crippen molar-refractivity contribution in [3.05, 3.63) is 45.4 Å². The van der Waals surface area contributed by atoms with Crippen LogP contribution in [0.4, 0.5) is 17.1 Å². The summed E-state index contributed by atoms with van der Waals surface area (Å²) in [5.41, 5.74) is 3.25. The maximum Gasteiger partial charge on any atom is 0.341 e. The number of carbonyl (C=O) groups excluding carboxylic acids is 1. The lowest BCUT2D eigenvalue weighted by molar-refractivity contribution is 0.0590. The van der Waals surface area contributed by atoms with Crippen LogP contribution >= 0.6 is 23.2 Å². The molecule has 0 amide bonds. The zero-order valence-corrected chi connectivity index (χ0v) is 16.6. The Morgan fingerprint density at radius 1 is 1.30 bits per heavy atom. The van der Waals surface area contributed by atoms with Gasteiger partial charge in [-0.15, -0.1) is 0 Å². The smallest absolute Gasteiger partial charge is 0.341 e. The van der Waals surface area contributed by atoms with Gasteiger partial charge >= 0.3 is 5.97 Å². The van der Waals surface area contributed by atoms with Crippen molar-refractivity contribution in [1.82, 2.24) is 0 Å². The average Bonchev–Trinajstić information content (AvgIpc) is 3.15. The summed E-state index contributed by atoms with van der Waals surface area (Å²) in [5, 5.41) is 11.0. The molecule has 1 atom stereocenters. The number of fused-ring (bicyclic) bond motifs is 3. The van der Waals surface area contributed by atoms with Crippen molar-refractivity contribution in [3.63, 3.8) is 0 Å². The summed E-state index contributed by atoms with van der Waals surface area (Å²) in [5.74, 6) is 0.135. The highest BCUT2D eigenvalue weighted by molar-refractivity contribution is 6.39. The lowest BCUT2D eigenvalue weighted by atomic mass is 9.98. The monoisotopic (exact) mass is 407 g/mol. The maximum absolute atomic E-state index is 12.2. The Morgan fingerprint density at radius 3 is 2.67 bits per heavy atom. The molecule has 4 rings (SSSR count). The third kappa shape index (κ3) is 3.13. The lowest BCUT2D eigenvalue weighted by Crippen LogP contribution is -2.31. The summed E-state index contributed by atoms with van der Waals surface area (Å²) in [6.07, 6.45) is 0.321. The fraction of sp³-hybridized carbons (Fsp3) is 0.316. The molecule has 142 valence electrons. The van der Waals surface area contributed by atoms with Gasteiger partial charge in [0, 0.05) is 12.0 Å². The van der Waals surface area contributed by atoms with Gasteiger partial charge in [-0.3, -0.25) is 0 Å². The number of hydrogen-bond donors (Lipinski definition) is 3. The molecule has 0 fully saturated rings. The highest BCUT2D eigenvalue weighted by atomic mass is 35.5. The van der Waals surface area contributed by atoms with E-state index in [1.807, 2.05) is 13.8 Å². The first-order valence-corrected chi connectivity index (χ1v) is 9.25. The highest BCUT2D eigenvalue weighted by Gasteiger charge is 2.39. The number of halogens is 2. The van der Waals surface area contributed by atoms with Gasteiger partial charge in [-0.25, -0.2) is 4.79 Å². The Hall–Kier alpha value is -2.31. The third-order valence-corrected chi connectivity index (χ3v) is 5.23. The molecule has 0 spiro atoms. The largest absolute Gasteiger partial charge is 0.486 e. The van der Waals surface area contributed by atoms with E-state index in [2.05, 4.69) is 16.0 Å². The van der Waals surface area contributed by atoms with E-state index in [0.717, 1.165) is 16.9 Å². The van der Waals surface area contributed by atoms with E-state index < -0.39 is 11.6 Å². The molecular formula is C19H19Cl2N3O3. The van der Waals surface area contributed by atoms with Crippen LogP contribution in [0.1, 0.15) is 29.8 Å². The Kier molecular flexibility index (Phi) is 4.28. The molecule has 1 unspecified atom stereocenters. The van der Waals surface area contributed by atoms with Gasteiger partial charge in [0.15, 0.2) is 6.29 Å². The van der Waals surface area contributed by atoms with Gasteiger partial charge in [0.25, 0.3) is 0 Å². The van der Waals surface area contributed by atoms with E-state index in [4.69, 9.17) is 32.7 Å². The molecule has 8 heteroatoms. The Balaban J connectivity index is 1.69. The van der Waals surface area contributed by atoms with Crippen molar-refractivity contribution in [2.75, 3.05) is 23.1 Å². The topological polar surface area (TPSA) is 71.6 Å². The van der Waals surface area contributed by atoms with E-state index in [9.17, 15) is 4.79 Å². The van der Waals surface area contributed by atoms with Crippen LogP contribution in [0.3, 0.4) is 0 Å². The fourth-order valence-corrected chi connectivity index (χ4v) is 3.98. The minimum atomic E-state index is -0.431. The van der Waals surface area contributed by atoms with Crippen LogP contribution in [0.25, 0.3) is 0 Å². The highest BCUT2D eigenvalue weighted by Crippen LogP contribution is 2.48. The van der Waals surface area contributed by atoms with E-state index in [-0.39, 0.29) is 6.29 Å². The minimum Gasteiger partial charge on any atom is -0.486 e. The van der Waals surface area contributed by atoms with E-state index in [1.54, 1.807) is 24.3 Å². The van der Waals surface area contributed by atoms with Crippen molar-refractivity contribution in [2.45, 2.75) is 32.2 Å². The minimum absolute atomic E-state index is 0.349. The first-order chi connectivity index (χ1) is 12.8. The van der Waals surface area contributed by atoms with Crippen LogP contribution in [0.5, 0.6) is 5.75 Å². The van der Waals surface area contributed by atoms with Gasteiger partial charge in [-0.05, 0) is 32.0 Å². The summed E-state index contributed by atoms with van der Waals surface area (Å²) in [4.78, 5) is 12.2. The van der Waals surface area contributed by atoms with Gasteiger partial charge in [0.05, 0.1) is 34.2 Å². The molecule has 0 aliphatic carbocycles. The quantitative estimate of drug-likeness (QED) is 0.638. The summed E-state index contributed by atoms with van der Waals surface area (Å²) < 4.78 is 11.0. The SMILES string of the molecule is COC(=O)c1cc2c(c3c1OC(C)(C)C3)NC(Nc1c(Cl)cccc1Cl)N2. The predicted octanol–water partition coefficient (Wildman–Crippen LogP) is 4.73. The molecule has 0 bridgehead atoms. The van der Waals surface area contributed by atoms with E-state index >= 15 is 0 Å².